The molecule has 0 bridgehead atoms. The highest BCUT2D eigenvalue weighted by atomic mass is 16.6. The first-order chi connectivity index (χ1) is 8.84. The van der Waals surface area contributed by atoms with Crippen molar-refractivity contribution in [2.24, 2.45) is 5.41 Å². The maximum atomic E-state index is 12.2. The Balaban J connectivity index is 2.05. The van der Waals surface area contributed by atoms with Crippen LogP contribution in [0.4, 0.5) is 4.79 Å². The minimum Gasteiger partial charge on any atom is -0.444 e. The molecule has 2 fully saturated rings. The molecule has 0 aromatic rings. The maximum Gasteiger partial charge on any atom is 0.410 e. The number of aliphatic hydroxyl groups excluding tert-OH is 1. The summed E-state index contributed by atoms with van der Waals surface area (Å²) in [5.74, 6) is 0. The van der Waals surface area contributed by atoms with Gasteiger partial charge in [0.25, 0.3) is 0 Å². The zero-order valence-electron chi connectivity index (χ0n) is 11.8. The SMILES string of the molecule is CC(C)(C)OC(=O)N1CC(CO)OCC2(COC2)C1. The molecule has 2 heterocycles. The molecule has 0 saturated carbocycles. The van der Waals surface area contributed by atoms with Gasteiger partial charge in [-0.1, -0.05) is 0 Å². The van der Waals surface area contributed by atoms with Gasteiger partial charge in [0, 0.05) is 6.54 Å². The Kier molecular flexibility index (Phi) is 4.03. The summed E-state index contributed by atoms with van der Waals surface area (Å²) in [5.41, 5.74) is -0.664. The summed E-state index contributed by atoms with van der Waals surface area (Å²) in [5, 5.41) is 9.27. The predicted molar refractivity (Wildman–Crippen MR) is 67.9 cm³/mol. The number of carbonyl (C=O) groups excluding carboxylic acids is 1. The van der Waals surface area contributed by atoms with Gasteiger partial charge < -0.3 is 24.2 Å². The van der Waals surface area contributed by atoms with Gasteiger partial charge in [0.15, 0.2) is 0 Å². The molecule has 0 aromatic carbocycles. The molecule has 0 aliphatic carbocycles. The number of nitrogens with zero attached hydrogens (tertiary/aromatic N) is 1. The fraction of sp³-hybridized carbons (Fsp3) is 0.923. The largest absolute Gasteiger partial charge is 0.444 e. The van der Waals surface area contributed by atoms with Crippen LogP contribution in [-0.4, -0.2) is 67.3 Å². The summed E-state index contributed by atoms with van der Waals surface area (Å²) in [6, 6.07) is 0. The average Bonchev–Trinajstić information content (AvgIpc) is 2.45. The summed E-state index contributed by atoms with van der Waals surface area (Å²) in [4.78, 5) is 13.8. The molecule has 2 rings (SSSR count). The number of aliphatic hydroxyl groups is 1. The molecule has 1 amide bonds. The molecule has 6 heteroatoms. The van der Waals surface area contributed by atoms with E-state index in [0.29, 0.717) is 32.9 Å². The number of rotatable bonds is 1. The summed E-state index contributed by atoms with van der Waals surface area (Å²) in [6.07, 6.45) is -0.713. The first-order valence-electron chi connectivity index (χ1n) is 6.62. The van der Waals surface area contributed by atoms with Gasteiger partial charge in [0.1, 0.15) is 5.60 Å². The van der Waals surface area contributed by atoms with E-state index in [-0.39, 0.29) is 24.2 Å². The Hall–Kier alpha value is -0.850. The Bertz CT molecular complexity index is 334. The van der Waals surface area contributed by atoms with Crippen molar-refractivity contribution < 1.29 is 24.1 Å². The molecule has 1 atom stereocenters. The van der Waals surface area contributed by atoms with Crippen LogP contribution < -0.4 is 0 Å². The van der Waals surface area contributed by atoms with Crippen molar-refractivity contribution >= 4 is 6.09 Å². The van der Waals surface area contributed by atoms with E-state index in [1.807, 2.05) is 20.8 Å². The molecule has 1 N–H and O–H groups in total. The normalized spacial score (nSPS) is 26.7. The maximum absolute atomic E-state index is 12.2. The molecule has 2 aliphatic heterocycles. The standard InChI is InChI=1S/C13H23NO5/c1-12(2,3)19-11(16)14-4-10(5-15)18-9-13(6-14)7-17-8-13/h10,15H,4-9H2,1-3H3. The lowest BCUT2D eigenvalue weighted by atomic mass is 9.86. The van der Waals surface area contributed by atoms with E-state index in [9.17, 15) is 9.90 Å². The number of carbonyl (C=O) groups is 1. The molecule has 1 unspecified atom stereocenters. The monoisotopic (exact) mass is 273 g/mol. The molecule has 2 saturated heterocycles. The second-order valence-electron chi connectivity index (χ2n) is 6.47. The van der Waals surface area contributed by atoms with Crippen molar-refractivity contribution in [2.75, 3.05) is 39.5 Å². The smallest absolute Gasteiger partial charge is 0.410 e. The van der Waals surface area contributed by atoms with Crippen molar-refractivity contribution in [3.05, 3.63) is 0 Å². The fourth-order valence-corrected chi connectivity index (χ4v) is 2.25. The number of hydrogen-bond acceptors (Lipinski definition) is 5. The van der Waals surface area contributed by atoms with Gasteiger partial charge in [-0.15, -0.1) is 0 Å². The van der Waals surface area contributed by atoms with E-state index in [2.05, 4.69) is 0 Å². The Labute approximate surface area is 113 Å². The van der Waals surface area contributed by atoms with E-state index in [1.165, 1.54) is 0 Å². The second kappa shape index (κ2) is 5.26. The summed E-state index contributed by atoms with van der Waals surface area (Å²) in [7, 11) is 0. The van der Waals surface area contributed by atoms with Crippen molar-refractivity contribution in [2.45, 2.75) is 32.5 Å². The van der Waals surface area contributed by atoms with Gasteiger partial charge in [-0.2, -0.15) is 0 Å². The zero-order valence-corrected chi connectivity index (χ0v) is 11.8. The molecule has 0 radical (unpaired) electrons. The van der Waals surface area contributed by atoms with Crippen LogP contribution in [0.25, 0.3) is 0 Å². The van der Waals surface area contributed by atoms with Gasteiger partial charge >= 0.3 is 6.09 Å². The first-order valence-corrected chi connectivity index (χ1v) is 6.62. The quantitative estimate of drug-likeness (QED) is 0.759. The van der Waals surface area contributed by atoms with Gasteiger partial charge in [-0.25, -0.2) is 4.79 Å². The Morgan fingerprint density at radius 3 is 2.58 bits per heavy atom. The van der Waals surface area contributed by atoms with E-state index < -0.39 is 5.60 Å². The van der Waals surface area contributed by atoms with Crippen LogP contribution in [0.2, 0.25) is 0 Å². The lowest BCUT2D eigenvalue weighted by Gasteiger charge is -2.42. The fourth-order valence-electron chi connectivity index (χ4n) is 2.25. The molecular weight excluding hydrogens is 250 g/mol. The number of ether oxygens (including phenoxy) is 3. The molecule has 2 aliphatic rings. The van der Waals surface area contributed by atoms with Crippen molar-refractivity contribution in [1.29, 1.82) is 0 Å². The highest BCUT2D eigenvalue weighted by Gasteiger charge is 2.45. The summed E-state index contributed by atoms with van der Waals surface area (Å²) in [6.45, 7) is 8.01. The molecule has 6 nitrogen and oxygen atoms in total. The predicted octanol–water partition coefficient (Wildman–Crippen LogP) is 0.631. The van der Waals surface area contributed by atoms with Gasteiger partial charge in [0.2, 0.25) is 0 Å². The zero-order chi connectivity index (χ0) is 14.1. The highest BCUT2D eigenvalue weighted by molar-refractivity contribution is 5.68. The molecule has 1 spiro atoms. The Morgan fingerprint density at radius 2 is 2.11 bits per heavy atom. The van der Waals surface area contributed by atoms with E-state index >= 15 is 0 Å². The van der Waals surface area contributed by atoms with Gasteiger partial charge in [0.05, 0.1) is 44.5 Å². The molecule has 0 aromatic heterocycles. The molecule has 19 heavy (non-hydrogen) atoms. The lowest BCUT2D eigenvalue weighted by molar-refractivity contribution is -0.152. The third-order valence-corrected chi connectivity index (χ3v) is 3.25. The summed E-state index contributed by atoms with van der Waals surface area (Å²) >= 11 is 0. The van der Waals surface area contributed by atoms with Crippen LogP contribution in [0.3, 0.4) is 0 Å². The van der Waals surface area contributed by atoms with Crippen LogP contribution >= 0.6 is 0 Å². The van der Waals surface area contributed by atoms with Crippen molar-refractivity contribution in [3.8, 4) is 0 Å². The van der Waals surface area contributed by atoms with E-state index in [0.717, 1.165) is 0 Å². The minimum atomic E-state index is -0.526. The van der Waals surface area contributed by atoms with Crippen molar-refractivity contribution in [3.63, 3.8) is 0 Å². The van der Waals surface area contributed by atoms with Crippen LogP contribution in [0.5, 0.6) is 0 Å². The Morgan fingerprint density at radius 1 is 1.42 bits per heavy atom. The molecule has 110 valence electrons. The van der Waals surface area contributed by atoms with Crippen LogP contribution in [-0.2, 0) is 14.2 Å². The van der Waals surface area contributed by atoms with Crippen LogP contribution in [0.15, 0.2) is 0 Å². The molecular formula is C13H23NO5. The van der Waals surface area contributed by atoms with Gasteiger partial charge in [-0.3, -0.25) is 0 Å². The average molecular weight is 273 g/mol. The number of amides is 1. The topological polar surface area (TPSA) is 68.2 Å². The third kappa shape index (κ3) is 3.58. The first kappa shape index (κ1) is 14.6. The third-order valence-electron chi connectivity index (χ3n) is 3.25. The highest BCUT2D eigenvalue weighted by Crippen LogP contribution is 2.32. The second-order valence-corrected chi connectivity index (χ2v) is 6.47. The van der Waals surface area contributed by atoms with Crippen LogP contribution in [0.1, 0.15) is 20.8 Å². The van der Waals surface area contributed by atoms with E-state index in [4.69, 9.17) is 14.2 Å². The van der Waals surface area contributed by atoms with Crippen molar-refractivity contribution in [1.82, 2.24) is 4.90 Å². The van der Waals surface area contributed by atoms with Gasteiger partial charge in [-0.05, 0) is 20.8 Å². The minimum absolute atomic E-state index is 0.101. The summed E-state index contributed by atoms with van der Waals surface area (Å²) < 4.78 is 16.3. The lowest BCUT2D eigenvalue weighted by Crippen LogP contribution is -2.53. The van der Waals surface area contributed by atoms with E-state index in [1.54, 1.807) is 4.90 Å². The van der Waals surface area contributed by atoms with Crippen LogP contribution in [0, 0.1) is 5.41 Å². The number of hydrogen-bond donors (Lipinski definition) is 1.